The van der Waals surface area contributed by atoms with E-state index in [1.165, 1.54) is 0 Å². The zero-order valence-corrected chi connectivity index (χ0v) is 11.9. The summed E-state index contributed by atoms with van der Waals surface area (Å²) in [6.45, 7) is 1.75. The normalized spacial score (nSPS) is 12.4. The molecule has 2 aromatic rings. The zero-order valence-electron chi connectivity index (χ0n) is 9.60. The molecule has 1 heterocycles. The Kier molecular flexibility index (Phi) is 3.73. The van der Waals surface area contributed by atoms with Crippen LogP contribution < -0.4 is 5.73 Å². The Morgan fingerprint density at radius 3 is 2.78 bits per heavy atom. The van der Waals surface area contributed by atoms with Crippen molar-refractivity contribution in [2.75, 3.05) is 0 Å². The SMILES string of the molecule is CC(C(N)=O)c1ccc(-n2cc(Br)cn2)c(Cl)c1. The largest absolute Gasteiger partial charge is 0.369 e. The highest BCUT2D eigenvalue weighted by molar-refractivity contribution is 9.10. The summed E-state index contributed by atoms with van der Waals surface area (Å²) in [5, 5.41) is 4.67. The molecule has 0 spiro atoms. The minimum absolute atomic E-state index is 0.360. The lowest BCUT2D eigenvalue weighted by Crippen LogP contribution is -2.18. The second kappa shape index (κ2) is 5.12. The van der Waals surface area contributed by atoms with Crippen LogP contribution in [0.15, 0.2) is 35.1 Å². The van der Waals surface area contributed by atoms with Gasteiger partial charge in [0.25, 0.3) is 0 Å². The summed E-state index contributed by atoms with van der Waals surface area (Å²) >= 11 is 9.52. The molecule has 1 aromatic carbocycles. The van der Waals surface area contributed by atoms with Crippen LogP contribution in [0.25, 0.3) is 5.69 Å². The maximum absolute atomic E-state index is 11.1. The van der Waals surface area contributed by atoms with Gasteiger partial charge in [-0.25, -0.2) is 4.68 Å². The van der Waals surface area contributed by atoms with E-state index in [-0.39, 0.29) is 11.8 Å². The van der Waals surface area contributed by atoms with Crippen molar-refractivity contribution >= 4 is 33.4 Å². The first-order valence-corrected chi connectivity index (χ1v) is 6.45. The second-order valence-corrected chi connectivity index (χ2v) is 5.26. The summed E-state index contributed by atoms with van der Waals surface area (Å²) < 4.78 is 2.53. The molecule has 0 aliphatic rings. The third-order valence-electron chi connectivity index (χ3n) is 2.70. The molecule has 6 heteroatoms. The van der Waals surface area contributed by atoms with Gasteiger partial charge in [0.1, 0.15) is 0 Å². The standard InChI is InChI=1S/C12H11BrClN3O/c1-7(12(15)18)8-2-3-11(10(14)4-8)17-6-9(13)5-16-17/h2-7H,1H3,(H2,15,18). The summed E-state index contributed by atoms with van der Waals surface area (Å²) in [7, 11) is 0. The highest BCUT2D eigenvalue weighted by Gasteiger charge is 2.14. The molecule has 1 atom stereocenters. The first-order chi connectivity index (χ1) is 8.49. The number of benzene rings is 1. The van der Waals surface area contributed by atoms with Gasteiger partial charge in [-0.3, -0.25) is 4.79 Å². The predicted molar refractivity (Wildman–Crippen MR) is 73.9 cm³/mol. The van der Waals surface area contributed by atoms with E-state index in [1.807, 2.05) is 12.1 Å². The molecule has 1 aromatic heterocycles. The van der Waals surface area contributed by atoms with E-state index in [2.05, 4.69) is 21.0 Å². The van der Waals surface area contributed by atoms with Gasteiger partial charge in [-0.2, -0.15) is 5.10 Å². The third-order valence-corrected chi connectivity index (χ3v) is 3.41. The molecule has 0 bridgehead atoms. The summed E-state index contributed by atoms with van der Waals surface area (Å²) in [4.78, 5) is 11.1. The predicted octanol–water partition coefficient (Wildman–Crippen LogP) is 2.88. The Balaban J connectivity index is 2.39. The van der Waals surface area contributed by atoms with E-state index in [1.54, 1.807) is 30.1 Å². The van der Waals surface area contributed by atoms with Crippen LogP contribution >= 0.6 is 27.5 Å². The topological polar surface area (TPSA) is 60.9 Å². The third kappa shape index (κ3) is 2.57. The molecular formula is C12H11BrClN3O. The van der Waals surface area contributed by atoms with E-state index in [9.17, 15) is 4.79 Å². The number of nitrogens with zero attached hydrogens (tertiary/aromatic N) is 2. The quantitative estimate of drug-likeness (QED) is 0.941. The number of hydrogen-bond acceptors (Lipinski definition) is 2. The molecule has 0 radical (unpaired) electrons. The average Bonchev–Trinajstić information content (AvgIpc) is 2.74. The Hall–Kier alpha value is -1.33. The number of nitrogens with two attached hydrogens (primary N) is 1. The lowest BCUT2D eigenvalue weighted by Gasteiger charge is -2.10. The number of amides is 1. The van der Waals surface area contributed by atoms with E-state index < -0.39 is 0 Å². The van der Waals surface area contributed by atoms with Crippen LogP contribution in [0.1, 0.15) is 18.4 Å². The van der Waals surface area contributed by atoms with Crippen LogP contribution in [-0.2, 0) is 4.79 Å². The first-order valence-electron chi connectivity index (χ1n) is 5.28. The van der Waals surface area contributed by atoms with Gasteiger partial charge >= 0.3 is 0 Å². The van der Waals surface area contributed by atoms with Gasteiger partial charge < -0.3 is 5.73 Å². The molecule has 2 N–H and O–H groups in total. The first kappa shape index (κ1) is 13.1. The van der Waals surface area contributed by atoms with Crippen molar-refractivity contribution in [2.24, 2.45) is 5.73 Å². The number of halogens is 2. The van der Waals surface area contributed by atoms with Crippen molar-refractivity contribution in [1.29, 1.82) is 0 Å². The van der Waals surface area contributed by atoms with Crippen molar-refractivity contribution in [3.8, 4) is 5.69 Å². The van der Waals surface area contributed by atoms with Gasteiger partial charge in [0.05, 0.1) is 27.3 Å². The molecule has 1 amide bonds. The van der Waals surface area contributed by atoms with Gasteiger partial charge in [-0.15, -0.1) is 0 Å². The van der Waals surface area contributed by atoms with Crippen LogP contribution in [0, 0.1) is 0 Å². The minimum Gasteiger partial charge on any atom is -0.369 e. The van der Waals surface area contributed by atoms with Crippen molar-refractivity contribution in [3.05, 3.63) is 45.7 Å². The Morgan fingerprint density at radius 1 is 1.56 bits per heavy atom. The Bertz CT molecular complexity index is 597. The highest BCUT2D eigenvalue weighted by Crippen LogP contribution is 2.26. The monoisotopic (exact) mass is 327 g/mol. The maximum atomic E-state index is 11.1. The van der Waals surface area contributed by atoms with E-state index in [0.717, 1.165) is 15.7 Å². The van der Waals surface area contributed by atoms with Crippen molar-refractivity contribution in [3.63, 3.8) is 0 Å². The Labute approximate surface area is 118 Å². The van der Waals surface area contributed by atoms with Crippen molar-refractivity contribution in [1.82, 2.24) is 9.78 Å². The minimum atomic E-state index is -0.374. The summed E-state index contributed by atoms with van der Waals surface area (Å²) in [5.41, 5.74) is 6.81. The average molecular weight is 329 g/mol. The second-order valence-electron chi connectivity index (χ2n) is 3.94. The molecule has 1 unspecified atom stereocenters. The van der Waals surface area contributed by atoms with Crippen LogP contribution in [0.5, 0.6) is 0 Å². The fourth-order valence-electron chi connectivity index (χ4n) is 1.58. The highest BCUT2D eigenvalue weighted by atomic mass is 79.9. The summed E-state index contributed by atoms with van der Waals surface area (Å²) in [5.74, 6) is -0.735. The zero-order chi connectivity index (χ0) is 13.3. The molecule has 4 nitrogen and oxygen atoms in total. The molecule has 0 fully saturated rings. The Morgan fingerprint density at radius 2 is 2.28 bits per heavy atom. The van der Waals surface area contributed by atoms with E-state index in [4.69, 9.17) is 17.3 Å². The van der Waals surface area contributed by atoms with E-state index >= 15 is 0 Å². The van der Waals surface area contributed by atoms with Crippen LogP contribution in [0.2, 0.25) is 5.02 Å². The lowest BCUT2D eigenvalue weighted by atomic mass is 10.0. The van der Waals surface area contributed by atoms with Crippen molar-refractivity contribution in [2.45, 2.75) is 12.8 Å². The number of carbonyl (C=O) groups is 1. The number of primary amides is 1. The maximum Gasteiger partial charge on any atom is 0.224 e. The van der Waals surface area contributed by atoms with Crippen LogP contribution in [0.4, 0.5) is 0 Å². The van der Waals surface area contributed by atoms with E-state index in [0.29, 0.717) is 5.02 Å². The fourth-order valence-corrected chi connectivity index (χ4v) is 2.14. The fraction of sp³-hybridized carbons (Fsp3) is 0.167. The van der Waals surface area contributed by atoms with Gasteiger partial charge in [0, 0.05) is 6.20 Å². The summed E-state index contributed by atoms with van der Waals surface area (Å²) in [6.07, 6.45) is 3.48. The molecule has 0 saturated carbocycles. The number of aromatic nitrogens is 2. The molecule has 2 rings (SSSR count). The van der Waals surface area contributed by atoms with Gasteiger partial charge in [-0.05, 0) is 40.5 Å². The lowest BCUT2D eigenvalue weighted by molar-refractivity contribution is -0.119. The number of hydrogen-bond donors (Lipinski definition) is 1. The van der Waals surface area contributed by atoms with Crippen LogP contribution in [0.3, 0.4) is 0 Å². The van der Waals surface area contributed by atoms with Crippen molar-refractivity contribution < 1.29 is 4.79 Å². The molecule has 0 aliphatic carbocycles. The van der Waals surface area contributed by atoms with Crippen LogP contribution in [-0.4, -0.2) is 15.7 Å². The van der Waals surface area contributed by atoms with Gasteiger partial charge in [0.2, 0.25) is 5.91 Å². The summed E-state index contributed by atoms with van der Waals surface area (Å²) in [6, 6.07) is 5.38. The number of carbonyl (C=O) groups excluding carboxylic acids is 1. The molecule has 94 valence electrons. The van der Waals surface area contributed by atoms with Gasteiger partial charge in [0.15, 0.2) is 0 Å². The molecule has 0 aliphatic heterocycles. The molecule has 18 heavy (non-hydrogen) atoms. The number of rotatable bonds is 3. The molecule has 0 saturated heterocycles. The van der Waals surface area contributed by atoms with Gasteiger partial charge in [-0.1, -0.05) is 17.7 Å². The molecular weight excluding hydrogens is 318 g/mol. The smallest absolute Gasteiger partial charge is 0.224 e.